The van der Waals surface area contributed by atoms with Crippen molar-refractivity contribution in [2.24, 2.45) is 7.05 Å². The average molecular weight is 262 g/mol. The molecule has 98 valence electrons. The van der Waals surface area contributed by atoms with E-state index in [2.05, 4.69) is 10.00 Å². The highest BCUT2D eigenvalue weighted by molar-refractivity contribution is 6.30. The number of hydrogen-bond donors (Lipinski definition) is 2. The predicted molar refractivity (Wildman–Crippen MR) is 67.0 cm³/mol. The Morgan fingerprint density at radius 1 is 1.29 bits per heavy atom. The number of aliphatic hydroxyl groups excluding tert-OH is 2. The van der Waals surface area contributed by atoms with Crippen LogP contribution in [0.3, 0.4) is 0 Å². The fraction of sp³-hybridized carbons (Fsp3) is 0.727. The monoisotopic (exact) mass is 261 g/mol. The average Bonchev–Trinajstić information content (AvgIpc) is 2.53. The van der Waals surface area contributed by atoms with Gasteiger partial charge in [0.25, 0.3) is 0 Å². The Labute approximate surface area is 107 Å². The van der Waals surface area contributed by atoms with E-state index in [1.165, 1.54) is 0 Å². The smallest absolute Gasteiger partial charge is 0.131 e. The molecule has 0 amide bonds. The lowest BCUT2D eigenvalue weighted by Gasteiger charge is -2.20. The van der Waals surface area contributed by atoms with E-state index < -0.39 is 0 Å². The van der Waals surface area contributed by atoms with E-state index in [4.69, 9.17) is 21.8 Å². The van der Waals surface area contributed by atoms with Crippen molar-refractivity contribution < 1.29 is 10.2 Å². The lowest BCUT2D eigenvalue weighted by Crippen LogP contribution is -2.28. The summed E-state index contributed by atoms with van der Waals surface area (Å²) in [5.74, 6) is 0. The number of nitrogens with zero attached hydrogens (tertiary/aromatic N) is 3. The number of aromatic nitrogens is 2. The number of aliphatic hydroxyl groups is 2. The van der Waals surface area contributed by atoms with Gasteiger partial charge in [0.1, 0.15) is 5.15 Å². The van der Waals surface area contributed by atoms with Crippen LogP contribution in [0.2, 0.25) is 5.15 Å². The van der Waals surface area contributed by atoms with Crippen LogP contribution in [0.4, 0.5) is 0 Å². The highest BCUT2D eigenvalue weighted by Gasteiger charge is 2.14. The highest BCUT2D eigenvalue weighted by Crippen LogP contribution is 2.20. The molecule has 0 aliphatic carbocycles. The zero-order valence-electron chi connectivity index (χ0n) is 10.4. The third kappa shape index (κ3) is 3.96. The molecular weight excluding hydrogens is 242 g/mol. The van der Waals surface area contributed by atoms with Gasteiger partial charge >= 0.3 is 0 Å². The van der Waals surface area contributed by atoms with Crippen LogP contribution in [0, 0.1) is 6.92 Å². The second kappa shape index (κ2) is 6.96. The maximum absolute atomic E-state index is 9.00. The van der Waals surface area contributed by atoms with Gasteiger partial charge in [0.15, 0.2) is 0 Å². The zero-order valence-corrected chi connectivity index (χ0v) is 11.1. The summed E-state index contributed by atoms with van der Waals surface area (Å²) >= 11 is 6.15. The molecule has 0 saturated heterocycles. The van der Waals surface area contributed by atoms with Gasteiger partial charge in [-0.3, -0.25) is 9.58 Å². The molecule has 0 aliphatic heterocycles. The minimum atomic E-state index is 0.0996. The topological polar surface area (TPSA) is 61.5 Å². The first kappa shape index (κ1) is 14.4. The molecular formula is C11H20ClN3O2. The van der Waals surface area contributed by atoms with Crippen molar-refractivity contribution in [2.75, 3.05) is 26.3 Å². The Balaban J connectivity index is 2.70. The quantitative estimate of drug-likeness (QED) is 0.753. The van der Waals surface area contributed by atoms with E-state index in [1.54, 1.807) is 4.68 Å². The Bertz CT molecular complexity index is 355. The van der Waals surface area contributed by atoms with Gasteiger partial charge in [-0.05, 0) is 13.3 Å². The Hall–Kier alpha value is -0.620. The van der Waals surface area contributed by atoms with Gasteiger partial charge in [0.2, 0.25) is 0 Å². The standard InChI is InChI=1S/C11H20ClN3O2/c1-9-10(11(12)14(2)13-9)8-15(5-7-17)4-3-6-16/h16-17H,3-8H2,1-2H3. The summed E-state index contributed by atoms with van der Waals surface area (Å²) in [6.07, 6.45) is 0.691. The van der Waals surface area contributed by atoms with Crippen molar-refractivity contribution >= 4 is 11.6 Å². The van der Waals surface area contributed by atoms with Gasteiger partial charge in [-0.1, -0.05) is 11.6 Å². The molecule has 0 radical (unpaired) electrons. The first-order valence-corrected chi connectivity index (χ1v) is 6.10. The summed E-state index contributed by atoms with van der Waals surface area (Å²) in [5, 5.41) is 22.7. The van der Waals surface area contributed by atoms with Crippen LogP contribution in [-0.4, -0.2) is 51.2 Å². The second-order valence-corrected chi connectivity index (χ2v) is 4.41. The number of hydrogen-bond acceptors (Lipinski definition) is 4. The van der Waals surface area contributed by atoms with Crippen LogP contribution in [0.25, 0.3) is 0 Å². The molecule has 0 spiro atoms. The minimum Gasteiger partial charge on any atom is -0.396 e. The fourth-order valence-electron chi connectivity index (χ4n) is 1.78. The van der Waals surface area contributed by atoms with Crippen LogP contribution in [0.5, 0.6) is 0 Å². The third-order valence-electron chi connectivity index (χ3n) is 2.70. The van der Waals surface area contributed by atoms with Gasteiger partial charge in [0.05, 0.1) is 12.3 Å². The number of aryl methyl sites for hydroxylation is 2. The van der Waals surface area contributed by atoms with Gasteiger partial charge in [-0.2, -0.15) is 5.10 Å². The van der Waals surface area contributed by atoms with E-state index in [-0.39, 0.29) is 13.2 Å². The van der Waals surface area contributed by atoms with Crippen molar-refractivity contribution in [3.63, 3.8) is 0 Å². The van der Waals surface area contributed by atoms with Gasteiger partial charge < -0.3 is 10.2 Å². The molecule has 2 N–H and O–H groups in total. The summed E-state index contributed by atoms with van der Waals surface area (Å²) in [7, 11) is 1.81. The molecule has 6 heteroatoms. The van der Waals surface area contributed by atoms with Gasteiger partial charge in [-0.15, -0.1) is 0 Å². The summed E-state index contributed by atoms with van der Waals surface area (Å²) in [4.78, 5) is 2.06. The molecule has 1 rings (SSSR count). The lowest BCUT2D eigenvalue weighted by molar-refractivity contribution is 0.174. The molecule has 17 heavy (non-hydrogen) atoms. The van der Waals surface area contributed by atoms with E-state index in [9.17, 15) is 0 Å². The van der Waals surface area contributed by atoms with Crippen LogP contribution >= 0.6 is 11.6 Å². The highest BCUT2D eigenvalue weighted by atomic mass is 35.5. The van der Waals surface area contributed by atoms with Crippen molar-refractivity contribution in [1.29, 1.82) is 0 Å². The van der Waals surface area contributed by atoms with E-state index >= 15 is 0 Å². The Morgan fingerprint density at radius 3 is 2.47 bits per heavy atom. The number of halogens is 1. The van der Waals surface area contributed by atoms with E-state index in [1.807, 2.05) is 14.0 Å². The predicted octanol–water partition coefficient (Wildman–Crippen LogP) is 0.559. The summed E-state index contributed by atoms with van der Waals surface area (Å²) in [6, 6.07) is 0. The molecule has 1 heterocycles. The van der Waals surface area contributed by atoms with Crippen molar-refractivity contribution in [3.05, 3.63) is 16.4 Å². The first-order chi connectivity index (χ1) is 8.10. The summed E-state index contributed by atoms with van der Waals surface area (Å²) in [6.45, 7) is 4.14. The molecule has 0 bridgehead atoms. The largest absolute Gasteiger partial charge is 0.396 e. The lowest BCUT2D eigenvalue weighted by atomic mass is 10.2. The van der Waals surface area contributed by atoms with Crippen molar-refractivity contribution in [1.82, 2.24) is 14.7 Å². The van der Waals surface area contributed by atoms with Crippen molar-refractivity contribution in [2.45, 2.75) is 19.9 Å². The van der Waals surface area contributed by atoms with E-state index in [0.717, 1.165) is 17.8 Å². The molecule has 0 saturated carbocycles. The molecule has 0 aliphatic rings. The van der Waals surface area contributed by atoms with Crippen LogP contribution in [0.15, 0.2) is 0 Å². The normalized spacial score (nSPS) is 11.4. The van der Waals surface area contributed by atoms with Gasteiger partial charge in [-0.25, -0.2) is 0 Å². The summed E-state index contributed by atoms with van der Waals surface area (Å²) < 4.78 is 1.65. The molecule has 1 aromatic heterocycles. The van der Waals surface area contributed by atoms with Crippen LogP contribution in [0.1, 0.15) is 17.7 Å². The molecule has 0 atom stereocenters. The zero-order chi connectivity index (χ0) is 12.8. The summed E-state index contributed by atoms with van der Waals surface area (Å²) in [5.41, 5.74) is 1.89. The molecule has 5 nitrogen and oxygen atoms in total. The SMILES string of the molecule is Cc1nn(C)c(Cl)c1CN(CCO)CCCO. The number of rotatable bonds is 7. The molecule has 0 fully saturated rings. The third-order valence-corrected chi connectivity index (χ3v) is 3.17. The first-order valence-electron chi connectivity index (χ1n) is 5.72. The van der Waals surface area contributed by atoms with Crippen molar-refractivity contribution in [3.8, 4) is 0 Å². The van der Waals surface area contributed by atoms with Crippen LogP contribution in [-0.2, 0) is 13.6 Å². The molecule has 1 aromatic rings. The van der Waals surface area contributed by atoms with Crippen LogP contribution < -0.4 is 0 Å². The van der Waals surface area contributed by atoms with Gasteiger partial charge in [0, 0.05) is 38.9 Å². The molecule has 0 aromatic carbocycles. The Morgan fingerprint density at radius 2 is 2.00 bits per heavy atom. The Kier molecular flexibility index (Phi) is 5.91. The fourth-order valence-corrected chi connectivity index (χ4v) is 2.02. The van der Waals surface area contributed by atoms with E-state index in [0.29, 0.717) is 24.7 Å². The minimum absolute atomic E-state index is 0.0996. The second-order valence-electron chi connectivity index (χ2n) is 4.06. The molecule has 0 unspecified atom stereocenters. The maximum Gasteiger partial charge on any atom is 0.131 e. The maximum atomic E-state index is 9.00.